The lowest BCUT2D eigenvalue weighted by Crippen LogP contribution is -2.36. The largest absolute Gasteiger partial charge is 0.493 e. The molecule has 0 radical (unpaired) electrons. The van der Waals surface area contributed by atoms with E-state index in [0.29, 0.717) is 30.9 Å². The molecule has 6 nitrogen and oxygen atoms in total. The van der Waals surface area contributed by atoms with E-state index >= 15 is 0 Å². The van der Waals surface area contributed by atoms with Crippen LogP contribution < -0.4 is 20.1 Å². The fourth-order valence-electron chi connectivity index (χ4n) is 1.82. The molecule has 21 heavy (non-hydrogen) atoms. The van der Waals surface area contributed by atoms with Gasteiger partial charge in [0.2, 0.25) is 11.8 Å². The maximum atomic E-state index is 11.7. The number of carbonyl (C=O) groups is 2. The minimum Gasteiger partial charge on any atom is -0.493 e. The monoisotopic (exact) mass is 294 g/mol. The number of methoxy groups -OCH3 is 2. The van der Waals surface area contributed by atoms with E-state index in [0.717, 1.165) is 5.56 Å². The Balaban J connectivity index is 2.44. The number of benzene rings is 1. The Hall–Kier alpha value is -2.24. The first kappa shape index (κ1) is 16.8. The predicted molar refractivity (Wildman–Crippen MR) is 79.6 cm³/mol. The standard InChI is InChI=1S/C15H22N2O4/c1-4-16-15(19)10-17-14(18)8-6-11-5-7-12(20-2)13(9-11)21-3/h5,7,9H,4,6,8,10H2,1-3H3,(H,16,19)(H,17,18). The number of nitrogens with one attached hydrogen (secondary N) is 2. The highest BCUT2D eigenvalue weighted by Crippen LogP contribution is 2.27. The maximum Gasteiger partial charge on any atom is 0.239 e. The highest BCUT2D eigenvalue weighted by Gasteiger charge is 2.08. The van der Waals surface area contributed by atoms with Gasteiger partial charge >= 0.3 is 0 Å². The Kier molecular flexibility index (Phi) is 7.08. The van der Waals surface area contributed by atoms with Crippen LogP contribution in [0.4, 0.5) is 0 Å². The summed E-state index contributed by atoms with van der Waals surface area (Å²) in [6.07, 6.45) is 0.885. The van der Waals surface area contributed by atoms with Crippen molar-refractivity contribution < 1.29 is 19.1 Å². The molecule has 1 aromatic rings. The smallest absolute Gasteiger partial charge is 0.239 e. The third-order valence-corrected chi connectivity index (χ3v) is 2.91. The van der Waals surface area contributed by atoms with Gasteiger partial charge in [-0.15, -0.1) is 0 Å². The molecular weight excluding hydrogens is 272 g/mol. The molecule has 0 saturated carbocycles. The molecule has 0 bridgehead atoms. The molecule has 0 fully saturated rings. The molecule has 1 aromatic carbocycles. The van der Waals surface area contributed by atoms with E-state index in [2.05, 4.69) is 10.6 Å². The van der Waals surface area contributed by atoms with Gasteiger partial charge in [-0.2, -0.15) is 0 Å². The zero-order valence-electron chi connectivity index (χ0n) is 12.7. The summed E-state index contributed by atoms with van der Waals surface area (Å²) in [5.41, 5.74) is 0.973. The van der Waals surface area contributed by atoms with E-state index in [1.807, 2.05) is 19.1 Å². The molecule has 0 spiro atoms. The van der Waals surface area contributed by atoms with Crippen LogP contribution in [0.3, 0.4) is 0 Å². The summed E-state index contributed by atoms with van der Waals surface area (Å²) < 4.78 is 10.4. The van der Waals surface area contributed by atoms with Gasteiger partial charge in [-0.25, -0.2) is 0 Å². The molecule has 1 rings (SSSR count). The summed E-state index contributed by atoms with van der Waals surface area (Å²) in [6.45, 7) is 2.40. The van der Waals surface area contributed by atoms with Crippen molar-refractivity contribution in [3.63, 3.8) is 0 Å². The Morgan fingerprint density at radius 1 is 1.05 bits per heavy atom. The second-order valence-electron chi connectivity index (χ2n) is 4.42. The molecule has 2 N–H and O–H groups in total. The van der Waals surface area contributed by atoms with E-state index in [-0.39, 0.29) is 18.4 Å². The van der Waals surface area contributed by atoms with Gasteiger partial charge in [0.25, 0.3) is 0 Å². The molecule has 0 atom stereocenters. The van der Waals surface area contributed by atoms with Crippen LogP contribution in [0.25, 0.3) is 0 Å². The Morgan fingerprint density at radius 3 is 2.38 bits per heavy atom. The van der Waals surface area contributed by atoms with Crippen LogP contribution in [-0.4, -0.2) is 39.1 Å². The predicted octanol–water partition coefficient (Wildman–Crippen LogP) is 0.889. The minimum absolute atomic E-state index is 0.0125. The van der Waals surface area contributed by atoms with E-state index < -0.39 is 0 Å². The SMILES string of the molecule is CCNC(=O)CNC(=O)CCc1ccc(OC)c(OC)c1. The normalized spacial score (nSPS) is 9.86. The van der Waals surface area contributed by atoms with Gasteiger partial charge < -0.3 is 20.1 Å². The van der Waals surface area contributed by atoms with Crippen LogP contribution in [0.15, 0.2) is 18.2 Å². The highest BCUT2D eigenvalue weighted by atomic mass is 16.5. The fraction of sp³-hybridized carbons (Fsp3) is 0.467. The molecule has 0 aliphatic heterocycles. The summed E-state index contributed by atoms with van der Waals surface area (Å²) in [5.74, 6) is 0.952. The third kappa shape index (κ3) is 5.72. The molecule has 116 valence electrons. The maximum absolute atomic E-state index is 11.7. The van der Waals surface area contributed by atoms with Crippen molar-refractivity contribution in [2.45, 2.75) is 19.8 Å². The van der Waals surface area contributed by atoms with Crippen molar-refractivity contribution in [3.8, 4) is 11.5 Å². The van der Waals surface area contributed by atoms with Crippen LogP contribution in [0.2, 0.25) is 0 Å². The molecule has 0 heterocycles. The first-order chi connectivity index (χ1) is 10.1. The summed E-state index contributed by atoms with van der Waals surface area (Å²) in [7, 11) is 3.15. The van der Waals surface area contributed by atoms with E-state index in [1.165, 1.54) is 0 Å². The third-order valence-electron chi connectivity index (χ3n) is 2.91. The summed E-state index contributed by atoms with van der Waals surface area (Å²) in [6, 6.07) is 5.54. The minimum atomic E-state index is -0.183. The van der Waals surface area contributed by atoms with Gasteiger partial charge in [-0.1, -0.05) is 6.07 Å². The van der Waals surface area contributed by atoms with E-state index in [9.17, 15) is 9.59 Å². The van der Waals surface area contributed by atoms with Crippen LogP contribution in [0.1, 0.15) is 18.9 Å². The Bertz CT molecular complexity index is 489. The zero-order chi connectivity index (χ0) is 15.7. The molecule has 0 aliphatic rings. The van der Waals surface area contributed by atoms with Gasteiger partial charge in [0.1, 0.15) is 0 Å². The second-order valence-corrected chi connectivity index (χ2v) is 4.42. The number of hydrogen-bond donors (Lipinski definition) is 2. The van der Waals surface area contributed by atoms with Gasteiger partial charge in [0, 0.05) is 13.0 Å². The van der Waals surface area contributed by atoms with Gasteiger partial charge in [-0.05, 0) is 31.0 Å². The van der Waals surface area contributed by atoms with Crippen molar-refractivity contribution in [2.24, 2.45) is 0 Å². The molecule has 6 heteroatoms. The number of carbonyl (C=O) groups excluding carboxylic acids is 2. The van der Waals surface area contributed by atoms with Crippen LogP contribution in [0, 0.1) is 0 Å². The Labute approximate surface area is 124 Å². The van der Waals surface area contributed by atoms with E-state index in [1.54, 1.807) is 20.3 Å². The number of hydrogen-bond acceptors (Lipinski definition) is 4. The molecule has 0 unspecified atom stereocenters. The molecule has 0 aromatic heterocycles. The number of aryl methyl sites for hydroxylation is 1. The number of amides is 2. The molecule has 0 saturated heterocycles. The number of rotatable bonds is 8. The van der Waals surface area contributed by atoms with Gasteiger partial charge in [0.15, 0.2) is 11.5 Å². The quantitative estimate of drug-likeness (QED) is 0.746. The lowest BCUT2D eigenvalue weighted by molar-refractivity contribution is -0.126. The fourth-order valence-corrected chi connectivity index (χ4v) is 1.82. The van der Waals surface area contributed by atoms with E-state index in [4.69, 9.17) is 9.47 Å². The Morgan fingerprint density at radius 2 is 1.76 bits per heavy atom. The molecule has 0 aliphatic carbocycles. The van der Waals surface area contributed by atoms with Crippen LogP contribution in [0.5, 0.6) is 11.5 Å². The summed E-state index contributed by atoms with van der Waals surface area (Å²) >= 11 is 0. The lowest BCUT2D eigenvalue weighted by Gasteiger charge is -2.09. The average Bonchev–Trinajstić information content (AvgIpc) is 2.50. The summed E-state index contributed by atoms with van der Waals surface area (Å²) in [5, 5.41) is 5.20. The molecule has 2 amide bonds. The first-order valence-corrected chi connectivity index (χ1v) is 6.85. The van der Waals surface area contributed by atoms with Crippen molar-refractivity contribution in [1.29, 1.82) is 0 Å². The van der Waals surface area contributed by atoms with Crippen molar-refractivity contribution >= 4 is 11.8 Å². The highest BCUT2D eigenvalue weighted by molar-refractivity contribution is 5.84. The van der Waals surface area contributed by atoms with Crippen molar-refractivity contribution in [2.75, 3.05) is 27.3 Å². The first-order valence-electron chi connectivity index (χ1n) is 6.85. The average molecular weight is 294 g/mol. The summed E-state index contributed by atoms with van der Waals surface area (Å²) in [4.78, 5) is 22.9. The van der Waals surface area contributed by atoms with Crippen LogP contribution in [-0.2, 0) is 16.0 Å². The van der Waals surface area contributed by atoms with Crippen molar-refractivity contribution in [1.82, 2.24) is 10.6 Å². The molecular formula is C15H22N2O4. The zero-order valence-corrected chi connectivity index (χ0v) is 12.7. The topological polar surface area (TPSA) is 76.7 Å². The van der Waals surface area contributed by atoms with Gasteiger partial charge in [0.05, 0.1) is 20.8 Å². The second kappa shape index (κ2) is 8.84. The lowest BCUT2D eigenvalue weighted by atomic mass is 10.1. The van der Waals surface area contributed by atoms with Crippen molar-refractivity contribution in [3.05, 3.63) is 23.8 Å². The van der Waals surface area contributed by atoms with Crippen LogP contribution >= 0.6 is 0 Å². The number of likely N-dealkylation sites (N-methyl/N-ethyl adjacent to an activating group) is 1. The number of ether oxygens (including phenoxy) is 2. The van der Waals surface area contributed by atoms with Gasteiger partial charge in [-0.3, -0.25) is 9.59 Å².